The molecule has 0 unspecified atom stereocenters. The Morgan fingerprint density at radius 1 is 1.32 bits per heavy atom. The summed E-state index contributed by atoms with van der Waals surface area (Å²) in [7, 11) is 0. The quantitative estimate of drug-likeness (QED) is 0.922. The number of aryl methyl sites for hydroxylation is 1. The van der Waals surface area contributed by atoms with Crippen LogP contribution in [0.3, 0.4) is 0 Å². The van der Waals surface area contributed by atoms with Crippen LogP contribution >= 0.6 is 22.9 Å². The molecule has 2 rings (SSSR count). The number of hydrogen-bond acceptors (Lipinski definition) is 5. The lowest BCUT2D eigenvalue weighted by Crippen LogP contribution is -2.18. The molecule has 0 amide bonds. The van der Waals surface area contributed by atoms with Gasteiger partial charge in [0.05, 0.1) is 16.4 Å². The molecule has 104 valence electrons. The number of halogens is 1. The van der Waals surface area contributed by atoms with Gasteiger partial charge in [-0.05, 0) is 26.3 Å². The van der Waals surface area contributed by atoms with E-state index in [0.717, 1.165) is 34.6 Å². The Labute approximate surface area is 122 Å². The van der Waals surface area contributed by atoms with Crippen molar-refractivity contribution in [3.63, 3.8) is 0 Å². The van der Waals surface area contributed by atoms with Gasteiger partial charge in [0.2, 0.25) is 5.13 Å². The summed E-state index contributed by atoms with van der Waals surface area (Å²) in [6.07, 6.45) is 0. The summed E-state index contributed by atoms with van der Waals surface area (Å²) in [4.78, 5) is 0. The molecule has 0 aliphatic heterocycles. The average molecular weight is 300 g/mol. The van der Waals surface area contributed by atoms with Gasteiger partial charge in [0.25, 0.3) is 0 Å². The molecular weight excluding hydrogens is 282 g/mol. The number of nitrogens with one attached hydrogen (secondary N) is 1. The standard InChI is InChI=1S/C12H18ClN5S/c1-7(2)5-14-6-10-15-16-12(19-10)18-9(4)11(13)8(3)17-18/h7,14H,5-6H2,1-4H3. The Morgan fingerprint density at radius 3 is 2.63 bits per heavy atom. The first-order chi connectivity index (χ1) is 8.99. The van der Waals surface area contributed by atoms with Crippen LogP contribution < -0.4 is 5.32 Å². The molecule has 0 aromatic carbocycles. The molecule has 0 saturated heterocycles. The van der Waals surface area contributed by atoms with Crippen molar-refractivity contribution >= 4 is 22.9 Å². The van der Waals surface area contributed by atoms with Crippen LogP contribution in [-0.4, -0.2) is 26.5 Å². The van der Waals surface area contributed by atoms with Gasteiger partial charge < -0.3 is 5.32 Å². The Bertz CT molecular complexity index is 560. The molecule has 0 aliphatic carbocycles. The number of rotatable bonds is 5. The molecule has 7 heteroatoms. The number of aromatic nitrogens is 4. The molecule has 0 atom stereocenters. The molecule has 0 radical (unpaired) electrons. The topological polar surface area (TPSA) is 55.6 Å². The van der Waals surface area contributed by atoms with E-state index >= 15 is 0 Å². The van der Waals surface area contributed by atoms with Gasteiger partial charge in [-0.15, -0.1) is 10.2 Å². The van der Waals surface area contributed by atoms with Crippen LogP contribution in [0, 0.1) is 19.8 Å². The highest BCUT2D eigenvalue weighted by Crippen LogP contribution is 2.23. The van der Waals surface area contributed by atoms with E-state index in [1.807, 2.05) is 13.8 Å². The zero-order valence-corrected chi connectivity index (χ0v) is 13.1. The molecule has 2 aromatic heterocycles. The molecule has 0 bridgehead atoms. The molecule has 0 saturated carbocycles. The van der Waals surface area contributed by atoms with Gasteiger partial charge in [0, 0.05) is 6.54 Å². The van der Waals surface area contributed by atoms with Gasteiger partial charge in [-0.25, -0.2) is 4.68 Å². The summed E-state index contributed by atoms with van der Waals surface area (Å²) < 4.78 is 1.75. The minimum atomic E-state index is 0.627. The summed E-state index contributed by atoms with van der Waals surface area (Å²) >= 11 is 7.67. The maximum atomic E-state index is 6.13. The van der Waals surface area contributed by atoms with Gasteiger partial charge in [-0.2, -0.15) is 5.10 Å². The lowest BCUT2D eigenvalue weighted by atomic mass is 10.2. The molecule has 0 aliphatic rings. The van der Waals surface area contributed by atoms with Crippen LogP contribution in [0.2, 0.25) is 5.02 Å². The van der Waals surface area contributed by atoms with Crippen LogP contribution in [0.25, 0.3) is 5.13 Å². The van der Waals surface area contributed by atoms with E-state index in [9.17, 15) is 0 Å². The number of hydrogen-bond donors (Lipinski definition) is 1. The highest BCUT2D eigenvalue weighted by Gasteiger charge is 2.14. The second kappa shape index (κ2) is 5.98. The first-order valence-electron chi connectivity index (χ1n) is 6.24. The van der Waals surface area contributed by atoms with Gasteiger partial charge >= 0.3 is 0 Å². The summed E-state index contributed by atoms with van der Waals surface area (Å²) in [5, 5.41) is 18.5. The van der Waals surface area contributed by atoms with Crippen molar-refractivity contribution in [3.05, 3.63) is 21.4 Å². The predicted molar refractivity (Wildman–Crippen MR) is 78.1 cm³/mol. The normalized spacial score (nSPS) is 11.5. The van der Waals surface area contributed by atoms with E-state index in [2.05, 4.69) is 34.5 Å². The summed E-state index contributed by atoms with van der Waals surface area (Å²) in [5.41, 5.74) is 1.71. The van der Waals surface area contributed by atoms with Crippen LogP contribution in [0.5, 0.6) is 0 Å². The van der Waals surface area contributed by atoms with Crippen molar-refractivity contribution in [2.75, 3.05) is 6.54 Å². The third-order valence-corrected chi connectivity index (χ3v) is 4.11. The first kappa shape index (κ1) is 14.4. The Balaban J connectivity index is 2.10. The summed E-state index contributed by atoms with van der Waals surface area (Å²) in [5.74, 6) is 0.627. The van der Waals surface area contributed by atoms with Crippen molar-refractivity contribution < 1.29 is 0 Å². The first-order valence-corrected chi connectivity index (χ1v) is 7.43. The highest BCUT2D eigenvalue weighted by molar-refractivity contribution is 7.13. The van der Waals surface area contributed by atoms with Gasteiger partial charge in [0.15, 0.2) is 0 Å². The lowest BCUT2D eigenvalue weighted by Gasteiger charge is -2.03. The summed E-state index contributed by atoms with van der Waals surface area (Å²) in [6.45, 7) is 9.88. The van der Waals surface area contributed by atoms with E-state index in [1.54, 1.807) is 4.68 Å². The van der Waals surface area contributed by atoms with Crippen LogP contribution in [0.1, 0.15) is 30.2 Å². The van der Waals surface area contributed by atoms with Crippen molar-refractivity contribution in [1.29, 1.82) is 0 Å². The molecule has 0 fully saturated rings. The Kier molecular flexibility index (Phi) is 4.54. The zero-order chi connectivity index (χ0) is 14.0. The van der Waals surface area contributed by atoms with Gasteiger partial charge in [-0.3, -0.25) is 0 Å². The van der Waals surface area contributed by atoms with Gasteiger partial charge in [0.1, 0.15) is 5.01 Å². The third kappa shape index (κ3) is 3.32. The predicted octanol–water partition coefficient (Wildman–Crippen LogP) is 2.74. The Morgan fingerprint density at radius 2 is 2.05 bits per heavy atom. The smallest absolute Gasteiger partial charge is 0.233 e. The SMILES string of the molecule is Cc1nn(-c2nnc(CNCC(C)C)s2)c(C)c1Cl. The van der Waals surface area contributed by atoms with E-state index in [1.165, 1.54) is 11.3 Å². The average Bonchev–Trinajstić information content (AvgIpc) is 2.90. The second-order valence-electron chi connectivity index (χ2n) is 4.90. The molecule has 2 aromatic rings. The number of nitrogens with zero attached hydrogens (tertiary/aromatic N) is 4. The van der Waals surface area contributed by atoms with E-state index in [0.29, 0.717) is 10.9 Å². The maximum absolute atomic E-state index is 6.13. The maximum Gasteiger partial charge on any atom is 0.233 e. The highest BCUT2D eigenvalue weighted by atomic mass is 35.5. The fraction of sp³-hybridized carbons (Fsp3) is 0.583. The van der Waals surface area contributed by atoms with Crippen molar-refractivity contribution in [2.24, 2.45) is 5.92 Å². The Hall–Kier alpha value is -0.980. The van der Waals surface area contributed by atoms with Crippen molar-refractivity contribution in [2.45, 2.75) is 34.2 Å². The zero-order valence-electron chi connectivity index (χ0n) is 11.6. The van der Waals surface area contributed by atoms with E-state index in [4.69, 9.17) is 11.6 Å². The van der Waals surface area contributed by atoms with Gasteiger partial charge in [-0.1, -0.05) is 36.8 Å². The molecule has 0 spiro atoms. The monoisotopic (exact) mass is 299 g/mol. The molecule has 1 N–H and O–H groups in total. The fourth-order valence-electron chi connectivity index (χ4n) is 1.68. The minimum absolute atomic E-state index is 0.627. The van der Waals surface area contributed by atoms with Crippen LogP contribution in [-0.2, 0) is 6.54 Å². The molecular formula is C12H18ClN5S. The van der Waals surface area contributed by atoms with Crippen molar-refractivity contribution in [1.82, 2.24) is 25.3 Å². The second-order valence-corrected chi connectivity index (χ2v) is 6.32. The fourth-order valence-corrected chi connectivity index (χ4v) is 2.61. The molecule has 2 heterocycles. The van der Waals surface area contributed by atoms with Crippen molar-refractivity contribution in [3.8, 4) is 5.13 Å². The van der Waals surface area contributed by atoms with E-state index in [-0.39, 0.29) is 0 Å². The third-order valence-electron chi connectivity index (χ3n) is 2.67. The minimum Gasteiger partial charge on any atom is -0.310 e. The van der Waals surface area contributed by atoms with E-state index < -0.39 is 0 Å². The van der Waals surface area contributed by atoms with Crippen LogP contribution in [0.15, 0.2) is 0 Å². The molecule has 5 nitrogen and oxygen atoms in total. The lowest BCUT2D eigenvalue weighted by molar-refractivity contribution is 0.550. The summed E-state index contributed by atoms with van der Waals surface area (Å²) in [6, 6.07) is 0. The molecule has 19 heavy (non-hydrogen) atoms. The largest absolute Gasteiger partial charge is 0.310 e. The van der Waals surface area contributed by atoms with Crippen LogP contribution in [0.4, 0.5) is 0 Å².